The molecule has 0 saturated heterocycles. The van der Waals surface area contributed by atoms with Gasteiger partial charge >= 0.3 is 0 Å². The summed E-state index contributed by atoms with van der Waals surface area (Å²) in [6.45, 7) is 7.34. The Hall–Kier alpha value is -1.44. The number of nitrogens with two attached hydrogens (primary N) is 1. The summed E-state index contributed by atoms with van der Waals surface area (Å²) in [5, 5.41) is 0. The molecule has 0 radical (unpaired) electrons. The first-order chi connectivity index (χ1) is 5.22. The van der Waals surface area contributed by atoms with E-state index in [0.29, 0.717) is 0 Å². The standard InChI is InChI=1S/C9H14N2/c1-4-5-6-9(2)11(3)8-7-10/h4-8H,1-2,10H2,3H3/b6-5-,8-7-. The summed E-state index contributed by atoms with van der Waals surface area (Å²) in [5.41, 5.74) is 6.06. The zero-order valence-electron chi connectivity index (χ0n) is 6.83. The Balaban J connectivity index is 4.02. The van der Waals surface area contributed by atoms with Crippen molar-refractivity contribution >= 4 is 0 Å². The Labute approximate surface area is 68.0 Å². The minimum absolute atomic E-state index is 0.867. The van der Waals surface area contributed by atoms with Crippen molar-refractivity contribution in [3.63, 3.8) is 0 Å². The Morgan fingerprint density at radius 3 is 2.64 bits per heavy atom. The number of hydrogen-bond donors (Lipinski definition) is 1. The largest absolute Gasteiger partial charge is 0.403 e. The van der Waals surface area contributed by atoms with Crippen molar-refractivity contribution in [2.45, 2.75) is 0 Å². The van der Waals surface area contributed by atoms with Crippen molar-refractivity contribution in [1.82, 2.24) is 4.90 Å². The molecule has 60 valence electrons. The fourth-order valence-corrected chi connectivity index (χ4v) is 0.522. The molecule has 0 fully saturated rings. The quantitative estimate of drug-likeness (QED) is 0.617. The zero-order valence-corrected chi connectivity index (χ0v) is 6.83. The normalized spacial score (nSPS) is 10.6. The van der Waals surface area contributed by atoms with E-state index in [1.807, 2.05) is 24.1 Å². The van der Waals surface area contributed by atoms with Gasteiger partial charge in [-0.1, -0.05) is 25.3 Å². The summed E-state index contributed by atoms with van der Waals surface area (Å²) in [7, 11) is 1.87. The van der Waals surface area contributed by atoms with Gasteiger partial charge in [-0.2, -0.15) is 0 Å². The fourth-order valence-electron chi connectivity index (χ4n) is 0.522. The maximum Gasteiger partial charge on any atom is 0.0330 e. The molecule has 0 aromatic carbocycles. The van der Waals surface area contributed by atoms with E-state index in [4.69, 9.17) is 5.73 Å². The molecule has 0 saturated carbocycles. The molecule has 2 nitrogen and oxygen atoms in total. The van der Waals surface area contributed by atoms with Crippen LogP contribution in [0.4, 0.5) is 0 Å². The monoisotopic (exact) mass is 150 g/mol. The van der Waals surface area contributed by atoms with Crippen molar-refractivity contribution in [3.8, 4) is 0 Å². The number of likely N-dealkylation sites (N-methyl/N-ethyl adjacent to an activating group) is 1. The lowest BCUT2D eigenvalue weighted by atomic mass is 10.4. The molecule has 0 aliphatic heterocycles. The highest BCUT2D eigenvalue weighted by molar-refractivity contribution is 5.18. The minimum atomic E-state index is 0.867. The molecule has 2 heteroatoms. The summed E-state index contributed by atoms with van der Waals surface area (Å²) >= 11 is 0. The lowest BCUT2D eigenvalue weighted by Crippen LogP contribution is -2.07. The molecular weight excluding hydrogens is 136 g/mol. The number of allylic oxidation sites excluding steroid dienone is 3. The maximum atomic E-state index is 5.19. The van der Waals surface area contributed by atoms with Gasteiger partial charge in [0.05, 0.1) is 0 Å². The first-order valence-corrected chi connectivity index (χ1v) is 3.31. The van der Waals surface area contributed by atoms with Crippen LogP contribution in [0.3, 0.4) is 0 Å². The van der Waals surface area contributed by atoms with E-state index in [-0.39, 0.29) is 0 Å². The molecule has 0 bridgehead atoms. The van der Waals surface area contributed by atoms with Crippen LogP contribution in [0.25, 0.3) is 0 Å². The Bertz CT molecular complexity index is 190. The van der Waals surface area contributed by atoms with Crippen LogP contribution in [0.2, 0.25) is 0 Å². The lowest BCUT2D eigenvalue weighted by Gasteiger charge is -2.12. The van der Waals surface area contributed by atoms with E-state index >= 15 is 0 Å². The van der Waals surface area contributed by atoms with E-state index in [2.05, 4.69) is 13.2 Å². The van der Waals surface area contributed by atoms with Crippen LogP contribution in [0.5, 0.6) is 0 Å². The zero-order chi connectivity index (χ0) is 8.69. The second-order valence-corrected chi connectivity index (χ2v) is 2.04. The van der Waals surface area contributed by atoms with Gasteiger partial charge in [0, 0.05) is 25.1 Å². The van der Waals surface area contributed by atoms with Crippen LogP contribution < -0.4 is 5.73 Å². The molecule has 0 unspecified atom stereocenters. The van der Waals surface area contributed by atoms with Crippen LogP contribution in [-0.4, -0.2) is 11.9 Å². The predicted molar refractivity (Wildman–Crippen MR) is 49.6 cm³/mol. The summed E-state index contributed by atoms with van der Waals surface area (Å²) in [4.78, 5) is 1.82. The topological polar surface area (TPSA) is 29.3 Å². The summed E-state index contributed by atoms with van der Waals surface area (Å²) < 4.78 is 0. The molecule has 0 spiro atoms. The Morgan fingerprint density at radius 1 is 1.55 bits per heavy atom. The second-order valence-electron chi connectivity index (χ2n) is 2.04. The third-order valence-electron chi connectivity index (χ3n) is 1.19. The van der Waals surface area contributed by atoms with Gasteiger partial charge < -0.3 is 10.6 Å². The number of nitrogens with zero attached hydrogens (tertiary/aromatic N) is 1. The fraction of sp³-hybridized carbons (Fsp3) is 0.111. The highest BCUT2D eigenvalue weighted by Gasteiger charge is 1.89. The average Bonchev–Trinajstić information content (AvgIpc) is 2.00. The predicted octanol–water partition coefficient (Wildman–Crippen LogP) is 1.60. The van der Waals surface area contributed by atoms with Crippen molar-refractivity contribution in [3.05, 3.63) is 49.5 Å². The van der Waals surface area contributed by atoms with Gasteiger partial charge in [0.1, 0.15) is 0 Å². The van der Waals surface area contributed by atoms with E-state index in [1.54, 1.807) is 12.3 Å². The van der Waals surface area contributed by atoms with E-state index < -0.39 is 0 Å². The SMILES string of the molecule is C=C/C=C\C(=C)N(C)/C=C\N. The molecule has 0 aliphatic carbocycles. The van der Waals surface area contributed by atoms with E-state index in [1.165, 1.54) is 6.20 Å². The van der Waals surface area contributed by atoms with Crippen LogP contribution in [0.15, 0.2) is 49.5 Å². The van der Waals surface area contributed by atoms with Crippen molar-refractivity contribution in [1.29, 1.82) is 0 Å². The molecular formula is C9H14N2. The summed E-state index contributed by atoms with van der Waals surface area (Å²) in [5.74, 6) is 0. The van der Waals surface area contributed by atoms with Crippen LogP contribution in [0.1, 0.15) is 0 Å². The molecule has 11 heavy (non-hydrogen) atoms. The van der Waals surface area contributed by atoms with Crippen molar-refractivity contribution in [2.24, 2.45) is 5.73 Å². The summed E-state index contributed by atoms with van der Waals surface area (Å²) in [6, 6.07) is 0. The van der Waals surface area contributed by atoms with Gasteiger partial charge in [-0.25, -0.2) is 0 Å². The Morgan fingerprint density at radius 2 is 2.18 bits per heavy atom. The van der Waals surface area contributed by atoms with E-state index in [9.17, 15) is 0 Å². The highest BCUT2D eigenvalue weighted by Crippen LogP contribution is 1.99. The molecule has 0 aromatic rings. The molecule has 0 atom stereocenters. The van der Waals surface area contributed by atoms with Gasteiger partial charge in [-0.3, -0.25) is 0 Å². The summed E-state index contributed by atoms with van der Waals surface area (Å²) in [6.07, 6.45) is 8.57. The number of hydrogen-bond acceptors (Lipinski definition) is 2. The van der Waals surface area contributed by atoms with Crippen molar-refractivity contribution < 1.29 is 0 Å². The highest BCUT2D eigenvalue weighted by atomic mass is 15.1. The molecule has 0 rings (SSSR count). The first-order valence-electron chi connectivity index (χ1n) is 3.31. The molecule has 0 aliphatic rings. The Kier molecular flexibility index (Phi) is 4.65. The average molecular weight is 150 g/mol. The lowest BCUT2D eigenvalue weighted by molar-refractivity contribution is 0.590. The minimum Gasteiger partial charge on any atom is -0.403 e. The van der Waals surface area contributed by atoms with Gasteiger partial charge in [0.25, 0.3) is 0 Å². The third kappa shape index (κ3) is 4.03. The van der Waals surface area contributed by atoms with E-state index in [0.717, 1.165) is 5.70 Å². The van der Waals surface area contributed by atoms with Gasteiger partial charge in [0.15, 0.2) is 0 Å². The van der Waals surface area contributed by atoms with Crippen molar-refractivity contribution in [2.75, 3.05) is 7.05 Å². The molecule has 0 heterocycles. The van der Waals surface area contributed by atoms with Gasteiger partial charge in [0.2, 0.25) is 0 Å². The molecule has 2 N–H and O–H groups in total. The molecule has 0 aromatic heterocycles. The first kappa shape index (κ1) is 9.56. The van der Waals surface area contributed by atoms with Gasteiger partial charge in [-0.05, 0) is 6.08 Å². The number of rotatable bonds is 4. The second kappa shape index (κ2) is 5.35. The molecule has 0 amide bonds. The van der Waals surface area contributed by atoms with Crippen LogP contribution in [0, 0.1) is 0 Å². The third-order valence-corrected chi connectivity index (χ3v) is 1.19. The van der Waals surface area contributed by atoms with Gasteiger partial charge in [-0.15, -0.1) is 0 Å². The maximum absolute atomic E-state index is 5.19. The van der Waals surface area contributed by atoms with Crippen LogP contribution >= 0.6 is 0 Å². The smallest absolute Gasteiger partial charge is 0.0330 e. The van der Waals surface area contributed by atoms with Crippen LogP contribution in [-0.2, 0) is 0 Å².